The molecule has 1 aliphatic heterocycles. The lowest BCUT2D eigenvalue weighted by atomic mass is 9.95. The van der Waals surface area contributed by atoms with Crippen LogP contribution in [0.15, 0.2) is 47.4 Å². The third-order valence-corrected chi connectivity index (χ3v) is 7.38. The van der Waals surface area contributed by atoms with Crippen LogP contribution in [0.3, 0.4) is 0 Å². The Morgan fingerprint density at radius 2 is 1.83 bits per heavy atom. The van der Waals surface area contributed by atoms with E-state index in [0.717, 1.165) is 31.4 Å². The zero-order valence-corrected chi connectivity index (χ0v) is 19.1. The largest absolute Gasteiger partial charge is 0.296 e. The molecule has 8 heteroatoms. The van der Waals surface area contributed by atoms with Crippen molar-refractivity contribution in [2.75, 3.05) is 13.2 Å². The van der Waals surface area contributed by atoms with E-state index < -0.39 is 16.2 Å². The van der Waals surface area contributed by atoms with E-state index in [0.29, 0.717) is 22.0 Å². The molecule has 0 spiro atoms. The molecule has 1 aliphatic rings. The van der Waals surface area contributed by atoms with Crippen LogP contribution in [0.4, 0.5) is 0 Å². The molecule has 1 heterocycles. The molecule has 2 atom stereocenters. The van der Waals surface area contributed by atoms with Crippen molar-refractivity contribution in [2.24, 2.45) is 0 Å². The van der Waals surface area contributed by atoms with E-state index in [1.165, 1.54) is 0 Å². The summed E-state index contributed by atoms with van der Waals surface area (Å²) in [5.74, 6) is 0. The molecule has 160 valence electrons. The number of likely N-dealkylation sites (tertiary alicyclic amines) is 1. The average Bonchev–Trinajstić information content (AvgIpc) is 2.72. The summed E-state index contributed by atoms with van der Waals surface area (Å²) in [5.41, 5.74) is 1.58. The number of piperidine rings is 1. The van der Waals surface area contributed by atoms with Gasteiger partial charge in [-0.1, -0.05) is 53.4 Å². The van der Waals surface area contributed by atoms with Crippen LogP contribution < -0.4 is 0 Å². The normalized spacial score (nSPS) is 18.7. The van der Waals surface area contributed by atoms with Gasteiger partial charge in [0.15, 0.2) is 0 Å². The topological polar surface area (TPSA) is 70.4 Å². The molecule has 1 saturated heterocycles. The first-order valence-corrected chi connectivity index (χ1v) is 12.1. The van der Waals surface area contributed by atoms with Crippen molar-refractivity contribution in [3.05, 3.63) is 63.6 Å². The Hall–Kier alpha value is -1.62. The van der Waals surface area contributed by atoms with Crippen molar-refractivity contribution in [3.8, 4) is 6.07 Å². The fourth-order valence-corrected chi connectivity index (χ4v) is 5.34. The van der Waals surface area contributed by atoms with Gasteiger partial charge in [-0.2, -0.15) is 13.7 Å². The maximum atomic E-state index is 12.4. The van der Waals surface area contributed by atoms with Gasteiger partial charge < -0.3 is 0 Å². The first-order chi connectivity index (χ1) is 14.3. The van der Waals surface area contributed by atoms with Gasteiger partial charge in [-0.3, -0.25) is 9.08 Å². The van der Waals surface area contributed by atoms with Gasteiger partial charge in [-0.05, 0) is 50.5 Å². The lowest BCUT2D eigenvalue weighted by Gasteiger charge is -2.39. The first kappa shape index (κ1) is 23.1. The van der Waals surface area contributed by atoms with Crippen LogP contribution in [0.1, 0.15) is 42.9 Å². The predicted octanol–water partition coefficient (Wildman–Crippen LogP) is 5.52. The van der Waals surface area contributed by atoms with Gasteiger partial charge in [0.05, 0.1) is 17.6 Å². The molecule has 0 bridgehead atoms. The van der Waals surface area contributed by atoms with Crippen LogP contribution in [-0.4, -0.2) is 32.5 Å². The minimum Gasteiger partial charge on any atom is -0.281 e. The van der Waals surface area contributed by atoms with Crippen LogP contribution in [0.2, 0.25) is 10.0 Å². The van der Waals surface area contributed by atoms with Gasteiger partial charge >= 0.3 is 0 Å². The van der Waals surface area contributed by atoms with E-state index in [4.69, 9.17) is 27.4 Å². The lowest BCUT2D eigenvalue weighted by Crippen LogP contribution is -2.42. The smallest absolute Gasteiger partial charge is 0.281 e. The number of aryl methyl sites for hydroxylation is 1. The molecule has 1 fully saturated rings. The highest BCUT2D eigenvalue weighted by Gasteiger charge is 2.32. The van der Waals surface area contributed by atoms with Crippen molar-refractivity contribution < 1.29 is 12.6 Å². The Morgan fingerprint density at radius 3 is 2.47 bits per heavy atom. The van der Waals surface area contributed by atoms with Crippen molar-refractivity contribution >= 4 is 33.3 Å². The Balaban J connectivity index is 1.71. The number of nitriles is 1. The molecule has 5 nitrogen and oxygen atoms in total. The minimum absolute atomic E-state index is 0.00366. The number of benzene rings is 2. The monoisotopic (exact) mass is 466 g/mol. The van der Waals surface area contributed by atoms with Crippen molar-refractivity contribution in [1.82, 2.24) is 4.90 Å². The molecule has 0 aliphatic carbocycles. The van der Waals surface area contributed by atoms with Crippen molar-refractivity contribution in [1.29, 1.82) is 5.26 Å². The standard InChI is InChI=1S/C22H24Cl2N2O3S/c1-16-8-10-18(11-9-16)30(27,28)29-14-12-17-5-2-3-13-26(17)21(15-25)22-19(23)6-4-7-20(22)24/h4,6-11,17,21H,2-3,5,12-14H2,1H3. The summed E-state index contributed by atoms with van der Waals surface area (Å²) in [6.07, 6.45) is 3.32. The van der Waals surface area contributed by atoms with Crippen molar-refractivity contribution in [3.63, 3.8) is 0 Å². The van der Waals surface area contributed by atoms with Gasteiger partial charge in [0.25, 0.3) is 10.1 Å². The molecule has 0 amide bonds. The number of hydrogen-bond acceptors (Lipinski definition) is 5. The van der Waals surface area contributed by atoms with Crippen LogP contribution in [0, 0.1) is 18.3 Å². The zero-order chi connectivity index (χ0) is 21.7. The SMILES string of the molecule is Cc1ccc(S(=O)(=O)OCCC2CCCCN2C(C#N)c2c(Cl)cccc2Cl)cc1. The third kappa shape index (κ3) is 5.35. The second-order valence-electron chi connectivity index (χ2n) is 7.43. The van der Waals surface area contributed by atoms with Crippen LogP contribution in [-0.2, 0) is 14.3 Å². The molecule has 0 saturated carbocycles. The Labute approximate surface area is 188 Å². The number of hydrogen-bond donors (Lipinski definition) is 0. The summed E-state index contributed by atoms with van der Waals surface area (Å²) in [6, 6.07) is 13.5. The second kappa shape index (κ2) is 10.1. The fourth-order valence-electron chi connectivity index (χ4n) is 3.82. The number of halogens is 2. The maximum absolute atomic E-state index is 12.4. The van der Waals surface area contributed by atoms with Crippen LogP contribution >= 0.6 is 23.2 Å². The first-order valence-electron chi connectivity index (χ1n) is 9.89. The molecule has 0 radical (unpaired) electrons. The van der Waals surface area contributed by atoms with Gasteiger partial charge in [0.2, 0.25) is 0 Å². The average molecular weight is 467 g/mol. The second-order valence-corrected chi connectivity index (χ2v) is 9.86. The maximum Gasteiger partial charge on any atom is 0.296 e. The minimum atomic E-state index is -3.81. The highest BCUT2D eigenvalue weighted by atomic mass is 35.5. The van der Waals surface area contributed by atoms with Crippen LogP contribution in [0.25, 0.3) is 0 Å². The third-order valence-electron chi connectivity index (χ3n) is 5.40. The summed E-state index contributed by atoms with van der Waals surface area (Å²) in [5, 5.41) is 10.8. The molecule has 0 N–H and O–H groups in total. The highest BCUT2D eigenvalue weighted by Crippen LogP contribution is 2.37. The van der Waals surface area contributed by atoms with E-state index >= 15 is 0 Å². The molecule has 2 unspecified atom stereocenters. The van der Waals surface area contributed by atoms with E-state index in [9.17, 15) is 13.7 Å². The molecule has 3 rings (SSSR count). The number of nitrogens with zero attached hydrogens (tertiary/aromatic N) is 2. The molecule has 2 aromatic rings. The van der Waals surface area contributed by atoms with Gasteiger partial charge in [0, 0.05) is 28.2 Å². The molecule has 0 aromatic heterocycles. The van der Waals surface area contributed by atoms with E-state index in [-0.39, 0.29) is 17.5 Å². The number of rotatable bonds is 7. The zero-order valence-electron chi connectivity index (χ0n) is 16.7. The molecular formula is C22H24Cl2N2O3S. The van der Waals surface area contributed by atoms with E-state index in [1.807, 2.05) is 6.92 Å². The van der Waals surface area contributed by atoms with Crippen LogP contribution in [0.5, 0.6) is 0 Å². The summed E-state index contributed by atoms with van der Waals surface area (Å²) in [6.45, 7) is 2.66. The Kier molecular flexibility index (Phi) is 7.78. The van der Waals surface area contributed by atoms with E-state index in [1.54, 1.807) is 42.5 Å². The van der Waals surface area contributed by atoms with E-state index in [2.05, 4.69) is 11.0 Å². The predicted molar refractivity (Wildman–Crippen MR) is 118 cm³/mol. The van der Waals surface area contributed by atoms with Crippen molar-refractivity contribution in [2.45, 2.75) is 49.6 Å². The lowest BCUT2D eigenvalue weighted by molar-refractivity contribution is 0.101. The summed E-state index contributed by atoms with van der Waals surface area (Å²) >= 11 is 12.7. The fraction of sp³-hybridized carbons (Fsp3) is 0.409. The summed E-state index contributed by atoms with van der Waals surface area (Å²) < 4.78 is 30.2. The summed E-state index contributed by atoms with van der Waals surface area (Å²) in [7, 11) is -3.81. The van der Waals surface area contributed by atoms with Gasteiger partial charge in [-0.25, -0.2) is 0 Å². The quantitative estimate of drug-likeness (QED) is 0.502. The highest BCUT2D eigenvalue weighted by molar-refractivity contribution is 7.86. The Bertz CT molecular complexity index is 999. The molecular weight excluding hydrogens is 443 g/mol. The van der Waals surface area contributed by atoms with Gasteiger partial charge in [0.1, 0.15) is 6.04 Å². The van der Waals surface area contributed by atoms with Gasteiger partial charge in [-0.15, -0.1) is 0 Å². The molecule has 2 aromatic carbocycles. The Morgan fingerprint density at radius 1 is 1.17 bits per heavy atom. The summed E-state index contributed by atoms with van der Waals surface area (Å²) in [4.78, 5) is 2.21. The molecule has 30 heavy (non-hydrogen) atoms.